The molecule has 0 aliphatic rings. The number of aliphatic carboxylic acids is 1. The number of thioether (sulfide) groups is 1. The van der Waals surface area contributed by atoms with Gasteiger partial charge in [0.1, 0.15) is 0 Å². The number of carboxylic acid groups (broad SMARTS) is 1. The molecule has 2 aromatic heterocycles. The molecule has 0 spiro atoms. The predicted molar refractivity (Wildman–Crippen MR) is 73.8 cm³/mol. The number of carboxylic acids is 1. The number of carbonyl (C=O) groups is 1. The minimum Gasteiger partial charge on any atom is -0.481 e. The molecule has 0 unspecified atom stereocenters. The third-order valence-corrected chi connectivity index (χ3v) is 4.30. The zero-order valence-corrected chi connectivity index (χ0v) is 11.8. The highest BCUT2D eigenvalue weighted by Crippen LogP contribution is 2.26. The van der Waals surface area contributed by atoms with Crippen molar-refractivity contribution >= 4 is 29.1 Å². The Bertz CT molecular complexity index is 572. The molecule has 0 radical (unpaired) electrons. The van der Waals surface area contributed by atoms with Crippen LogP contribution < -0.4 is 4.74 Å². The summed E-state index contributed by atoms with van der Waals surface area (Å²) in [4.78, 5) is 19.1. The second-order valence-corrected chi connectivity index (χ2v) is 5.72. The van der Waals surface area contributed by atoms with Gasteiger partial charge in [0.2, 0.25) is 5.88 Å². The monoisotopic (exact) mass is 296 g/mol. The van der Waals surface area contributed by atoms with Crippen LogP contribution in [0.5, 0.6) is 5.88 Å². The van der Waals surface area contributed by atoms with Gasteiger partial charge in [-0.2, -0.15) is 0 Å². The number of hydrogen-bond donors (Lipinski definition) is 1. The highest BCUT2D eigenvalue weighted by molar-refractivity contribution is 8.00. The molecule has 0 atom stereocenters. The summed E-state index contributed by atoms with van der Waals surface area (Å²) in [5.74, 6) is 0.400. The lowest BCUT2D eigenvalue weighted by Crippen LogP contribution is -1.99. The number of hydrogen-bond acceptors (Lipinski definition) is 6. The van der Waals surface area contributed by atoms with Crippen molar-refractivity contribution < 1.29 is 14.6 Å². The lowest BCUT2D eigenvalue weighted by Gasteiger charge is -2.01. The number of thiazole rings is 1. The summed E-state index contributed by atoms with van der Waals surface area (Å²) in [5.41, 5.74) is 1.50. The molecular weight excluding hydrogens is 284 g/mol. The van der Waals surface area contributed by atoms with Crippen molar-refractivity contribution in [2.45, 2.75) is 16.5 Å². The zero-order valence-electron chi connectivity index (χ0n) is 10.2. The lowest BCUT2D eigenvalue weighted by molar-refractivity contribution is -0.136. The highest BCUT2D eigenvalue weighted by Gasteiger charge is 2.07. The van der Waals surface area contributed by atoms with E-state index in [1.54, 1.807) is 18.6 Å². The standard InChI is InChI=1S/C12H12N2O3S2/c1-17-10-4-2-3-8(13-10)6-18-12-14-9(7-19-12)5-11(15)16/h2-4,7H,5-6H2,1H3,(H,15,16). The Balaban J connectivity index is 1.94. The fourth-order valence-corrected chi connectivity index (χ4v) is 3.13. The van der Waals surface area contributed by atoms with Gasteiger partial charge in [-0.25, -0.2) is 9.97 Å². The van der Waals surface area contributed by atoms with Crippen molar-refractivity contribution in [1.82, 2.24) is 9.97 Å². The lowest BCUT2D eigenvalue weighted by atomic mass is 10.3. The summed E-state index contributed by atoms with van der Waals surface area (Å²) in [7, 11) is 1.58. The van der Waals surface area contributed by atoms with E-state index >= 15 is 0 Å². The molecule has 0 aromatic carbocycles. The first-order valence-electron chi connectivity index (χ1n) is 5.46. The predicted octanol–water partition coefficient (Wildman–Crippen LogP) is 2.47. The van der Waals surface area contributed by atoms with E-state index in [-0.39, 0.29) is 6.42 Å². The van der Waals surface area contributed by atoms with Gasteiger partial charge in [-0.15, -0.1) is 11.3 Å². The van der Waals surface area contributed by atoms with Crippen molar-refractivity contribution in [1.29, 1.82) is 0 Å². The fraction of sp³-hybridized carbons (Fsp3) is 0.250. The van der Waals surface area contributed by atoms with E-state index in [9.17, 15) is 4.79 Å². The summed E-state index contributed by atoms with van der Waals surface area (Å²) in [6.45, 7) is 0. The number of rotatable bonds is 6. The molecule has 0 fully saturated rings. The van der Waals surface area contributed by atoms with E-state index in [0.29, 0.717) is 17.3 Å². The van der Waals surface area contributed by atoms with E-state index in [1.165, 1.54) is 23.1 Å². The quantitative estimate of drug-likeness (QED) is 0.826. The molecule has 0 bridgehead atoms. The first kappa shape index (κ1) is 13.8. The van der Waals surface area contributed by atoms with Gasteiger partial charge in [-0.1, -0.05) is 17.8 Å². The Kier molecular flexibility index (Phi) is 4.75. The Labute approximate surface area is 118 Å². The average Bonchev–Trinajstić information content (AvgIpc) is 2.83. The summed E-state index contributed by atoms with van der Waals surface area (Å²) in [5, 5.41) is 10.4. The van der Waals surface area contributed by atoms with Crippen LogP contribution in [0.2, 0.25) is 0 Å². The molecule has 2 rings (SSSR count). The molecule has 19 heavy (non-hydrogen) atoms. The van der Waals surface area contributed by atoms with Gasteiger partial charge in [-0.3, -0.25) is 4.79 Å². The van der Waals surface area contributed by atoms with Gasteiger partial charge >= 0.3 is 5.97 Å². The topological polar surface area (TPSA) is 72.3 Å². The van der Waals surface area contributed by atoms with E-state index in [2.05, 4.69) is 9.97 Å². The Morgan fingerprint density at radius 1 is 1.42 bits per heavy atom. The van der Waals surface area contributed by atoms with Crippen LogP contribution in [0.15, 0.2) is 27.9 Å². The molecule has 100 valence electrons. The highest BCUT2D eigenvalue weighted by atomic mass is 32.2. The van der Waals surface area contributed by atoms with Crippen molar-refractivity contribution in [3.05, 3.63) is 35.0 Å². The number of ether oxygens (including phenoxy) is 1. The summed E-state index contributed by atoms with van der Waals surface area (Å²) in [6, 6.07) is 5.60. The van der Waals surface area contributed by atoms with Gasteiger partial charge in [-0.05, 0) is 6.07 Å². The first-order valence-corrected chi connectivity index (χ1v) is 7.33. The molecule has 0 aliphatic heterocycles. The summed E-state index contributed by atoms with van der Waals surface area (Å²) in [6.07, 6.45) is -0.0333. The maximum Gasteiger partial charge on any atom is 0.309 e. The number of methoxy groups -OCH3 is 1. The number of pyridine rings is 1. The van der Waals surface area contributed by atoms with Gasteiger partial charge in [0, 0.05) is 17.2 Å². The molecular formula is C12H12N2O3S2. The minimum absolute atomic E-state index is 0.0333. The van der Waals surface area contributed by atoms with Crippen LogP contribution >= 0.6 is 23.1 Å². The number of nitrogens with zero attached hydrogens (tertiary/aromatic N) is 2. The molecule has 5 nitrogen and oxygen atoms in total. The van der Waals surface area contributed by atoms with E-state index < -0.39 is 5.97 Å². The second-order valence-electron chi connectivity index (χ2n) is 3.64. The summed E-state index contributed by atoms with van der Waals surface area (Å²) < 4.78 is 5.90. The van der Waals surface area contributed by atoms with Crippen molar-refractivity contribution in [2.24, 2.45) is 0 Å². The largest absolute Gasteiger partial charge is 0.481 e. The van der Waals surface area contributed by atoms with E-state index in [0.717, 1.165) is 10.0 Å². The Morgan fingerprint density at radius 2 is 2.26 bits per heavy atom. The van der Waals surface area contributed by atoms with Crippen LogP contribution in [0, 0.1) is 0 Å². The minimum atomic E-state index is -0.865. The molecule has 2 heterocycles. The van der Waals surface area contributed by atoms with Gasteiger partial charge in [0.15, 0.2) is 4.34 Å². The molecule has 0 amide bonds. The molecule has 0 saturated carbocycles. The van der Waals surface area contributed by atoms with Crippen molar-refractivity contribution in [3.63, 3.8) is 0 Å². The summed E-state index contributed by atoms with van der Waals surface area (Å²) >= 11 is 2.99. The Hall–Kier alpha value is -1.60. The van der Waals surface area contributed by atoms with Crippen LogP contribution in [0.4, 0.5) is 0 Å². The molecule has 7 heteroatoms. The average molecular weight is 296 g/mol. The van der Waals surface area contributed by atoms with Crippen LogP contribution in [-0.2, 0) is 17.0 Å². The maximum absolute atomic E-state index is 10.6. The Morgan fingerprint density at radius 3 is 3.00 bits per heavy atom. The van der Waals surface area contributed by atoms with Crippen LogP contribution in [0.3, 0.4) is 0 Å². The van der Waals surface area contributed by atoms with Gasteiger partial charge < -0.3 is 9.84 Å². The second kappa shape index (κ2) is 6.53. The van der Waals surface area contributed by atoms with Gasteiger partial charge in [0.25, 0.3) is 0 Å². The molecule has 0 aliphatic carbocycles. The normalized spacial score (nSPS) is 10.4. The molecule has 1 N–H and O–H groups in total. The first-order chi connectivity index (χ1) is 9.17. The molecule has 2 aromatic rings. The van der Waals surface area contributed by atoms with Crippen molar-refractivity contribution in [3.8, 4) is 5.88 Å². The maximum atomic E-state index is 10.6. The van der Waals surface area contributed by atoms with Gasteiger partial charge in [0.05, 0.1) is 24.9 Å². The van der Waals surface area contributed by atoms with E-state index in [4.69, 9.17) is 9.84 Å². The van der Waals surface area contributed by atoms with Crippen LogP contribution in [-0.4, -0.2) is 28.2 Å². The van der Waals surface area contributed by atoms with Crippen molar-refractivity contribution in [2.75, 3.05) is 7.11 Å². The SMILES string of the molecule is COc1cccc(CSc2nc(CC(=O)O)cs2)n1. The smallest absolute Gasteiger partial charge is 0.309 e. The van der Waals surface area contributed by atoms with E-state index in [1.807, 2.05) is 12.1 Å². The zero-order chi connectivity index (χ0) is 13.7. The van der Waals surface area contributed by atoms with Crippen LogP contribution in [0.1, 0.15) is 11.4 Å². The van der Waals surface area contributed by atoms with Crippen LogP contribution in [0.25, 0.3) is 0 Å². The number of aromatic nitrogens is 2. The fourth-order valence-electron chi connectivity index (χ4n) is 1.38. The molecule has 0 saturated heterocycles. The third kappa shape index (κ3) is 4.22. The third-order valence-electron chi connectivity index (χ3n) is 2.20.